The minimum Gasteiger partial charge on any atom is -0.495 e. The van der Waals surface area contributed by atoms with E-state index >= 15 is 4.39 Å². The molecule has 1 aromatic heterocycles. The fourth-order valence-corrected chi connectivity index (χ4v) is 4.07. The van der Waals surface area contributed by atoms with Gasteiger partial charge in [0.25, 0.3) is 0 Å². The van der Waals surface area contributed by atoms with Crippen molar-refractivity contribution >= 4 is 28.5 Å². The maximum absolute atomic E-state index is 15.2. The number of nitrogens with one attached hydrogen (secondary N) is 1. The van der Waals surface area contributed by atoms with Crippen molar-refractivity contribution in [3.8, 4) is 5.75 Å². The Labute approximate surface area is 215 Å². The molecule has 1 atom stereocenters. The molecule has 0 aliphatic carbocycles. The van der Waals surface area contributed by atoms with Gasteiger partial charge in [-0.2, -0.15) is 0 Å². The number of amides is 2. The molecule has 0 saturated heterocycles. The highest BCUT2D eigenvalue weighted by molar-refractivity contribution is 6.02. The molecular formula is C28H30FN5O3. The topological polar surface area (TPSA) is 89.4 Å². The Hall–Kier alpha value is -4.27. The number of rotatable bonds is 9. The normalized spacial score (nSPS) is 12.2. The molecule has 0 aliphatic rings. The van der Waals surface area contributed by atoms with Crippen LogP contribution in [0.25, 0.3) is 11.0 Å². The first-order valence-corrected chi connectivity index (χ1v) is 12.1. The molecule has 3 aromatic carbocycles. The van der Waals surface area contributed by atoms with Crippen LogP contribution in [0.3, 0.4) is 0 Å². The summed E-state index contributed by atoms with van der Waals surface area (Å²) in [6.07, 6.45) is 0.635. The molecule has 1 N–H and O–H groups in total. The van der Waals surface area contributed by atoms with Crippen molar-refractivity contribution in [1.82, 2.24) is 20.3 Å². The molecule has 9 heteroatoms. The lowest BCUT2D eigenvalue weighted by Crippen LogP contribution is -2.51. The number of hydrogen-bond donors (Lipinski definition) is 1. The molecular weight excluding hydrogens is 473 g/mol. The molecule has 0 bridgehead atoms. The smallest absolute Gasteiger partial charge is 0.249 e. The van der Waals surface area contributed by atoms with Crippen molar-refractivity contribution in [2.24, 2.45) is 0 Å². The Morgan fingerprint density at radius 3 is 2.46 bits per heavy atom. The number of carbonyl (C=O) groups excluding carboxylic acids is 2. The molecule has 0 saturated carbocycles. The van der Waals surface area contributed by atoms with Gasteiger partial charge < -0.3 is 10.1 Å². The number of fused-ring (bicyclic) bond motifs is 1. The predicted octanol–water partition coefficient (Wildman–Crippen LogP) is 4.66. The summed E-state index contributed by atoms with van der Waals surface area (Å²) in [5, 5.41) is 11.2. The zero-order chi connectivity index (χ0) is 26.6. The summed E-state index contributed by atoms with van der Waals surface area (Å²) in [6, 6.07) is 18.8. The highest BCUT2D eigenvalue weighted by Gasteiger charge is 2.37. The van der Waals surface area contributed by atoms with E-state index in [9.17, 15) is 9.59 Å². The third-order valence-corrected chi connectivity index (χ3v) is 6.37. The lowest BCUT2D eigenvalue weighted by Gasteiger charge is -2.35. The van der Waals surface area contributed by atoms with E-state index in [0.717, 1.165) is 0 Å². The summed E-state index contributed by atoms with van der Waals surface area (Å²) in [5.41, 5.74) is 1.10. The third-order valence-electron chi connectivity index (χ3n) is 6.37. The molecule has 37 heavy (non-hydrogen) atoms. The molecule has 0 fully saturated rings. The largest absolute Gasteiger partial charge is 0.495 e. The number of halogens is 1. The van der Waals surface area contributed by atoms with Crippen molar-refractivity contribution in [2.45, 2.75) is 45.3 Å². The summed E-state index contributed by atoms with van der Waals surface area (Å²) in [6.45, 7) is 5.46. The Morgan fingerprint density at radius 2 is 1.73 bits per heavy atom. The quantitative estimate of drug-likeness (QED) is 0.359. The fourth-order valence-electron chi connectivity index (χ4n) is 4.07. The van der Waals surface area contributed by atoms with Crippen molar-refractivity contribution < 1.29 is 18.7 Å². The Bertz CT molecular complexity index is 1420. The molecule has 0 unspecified atom stereocenters. The van der Waals surface area contributed by atoms with Crippen molar-refractivity contribution in [2.75, 3.05) is 12.0 Å². The van der Waals surface area contributed by atoms with Gasteiger partial charge >= 0.3 is 0 Å². The van der Waals surface area contributed by atoms with Crippen LogP contribution in [0.5, 0.6) is 5.75 Å². The number of aromatic nitrogens is 3. The molecule has 2 amide bonds. The number of nitrogens with zero attached hydrogens (tertiary/aromatic N) is 4. The third kappa shape index (κ3) is 5.45. The van der Waals surface area contributed by atoms with E-state index in [1.165, 1.54) is 28.8 Å². The Kier molecular flexibility index (Phi) is 7.52. The number of ether oxygens (including phenoxy) is 1. The van der Waals surface area contributed by atoms with Crippen LogP contribution in [-0.4, -0.2) is 39.5 Å². The molecule has 8 nitrogen and oxygen atoms in total. The number of hydrogen-bond acceptors (Lipinski definition) is 5. The number of methoxy groups -OCH3 is 1. The van der Waals surface area contributed by atoms with Gasteiger partial charge in [-0.25, -0.2) is 9.07 Å². The highest BCUT2D eigenvalue weighted by atomic mass is 19.1. The molecule has 1 heterocycles. The number of para-hydroxylation sites is 3. The van der Waals surface area contributed by atoms with Crippen LogP contribution in [0.1, 0.15) is 38.8 Å². The average molecular weight is 504 g/mol. The first kappa shape index (κ1) is 25.8. The van der Waals surface area contributed by atoms with Gasteiger partial charge in [0.2, 0.25) is 11.8 Å². The van der Waals surface area contributed by atoms with Gasteiger partial charge in [-0.3, -0.25) is 14.5 Å². The fraction of sp³-hybridized carbons (Fsp3) is 0.286. The molecule has 0 aliphatic heterocycles. The van der Waals surface area contributed by atoms with Gasteiger partial charge in [-0.15, -0.1) is 5.10 Å². The standard InChI is InChI=1S/C28H30FN5O3/c1-5-28(2,3)30-27(36)26(19-12-6-7-13-20(19)29)34(23-16-10-11-17-24(23)37-4)25(35)18-33-22-15-9-8-14-21(22)31-32-33/h6-17,26H,5,18H2,1-4H3,(H,30,36)/t26-/m0/s1. The van der Waals surface area contributed by atoms with Crippen molar-refractivity contribution in [3.63, 3.8) is 0 Å². The minimum atomic E-state index is -1.31. The van der Waals surface area contributed by atoms with E-state index in [2.05, 4.69) is 15.6 Å². The van der Waals surface area contributed by atoms with Gasteiger partial charge in [0.1, 0.15) is 29.7 Å². The van der Waals surface area contributed by atoms with Crippen LogP contribution in [-0.2, 0) is 16.1 Å². The van der Waals surface area contributed by atoms with Gasteiger partial charge in [0.15, 0.2) is 0 Å². The summed E-state index contributed by atoms with van der Waals surface area (Å²) in [7, 11) is 1.48. The number of anilines is 1. The van der Waals surface area contributed by atoms with E-state index in [0.29, 0.717) is 28.9 Å². The Morgan fingerprint density at radius 1 is 1.05 bits per heavy atom. The van der Waals surface area contributed by atoms with Gasteiger partial charge in [0.05, 0.1) is 18.3 Å². The maximum atomic E-state index is 15.2. The molecule has 0 spiro atoms. The first-order valence-electron chi connectivity index (χ1n) is 12.1. The van der Waals surface area contributed by atoms with Crippen molar-refractivity contribution in [3.05, 3.63) is 84.2 Å². The van der Waals surface area contributed by atoms with Crippen molar-refractivity contribution in [1.29, 1.82) is 0 Å². The second-order valence-electron chi connectivity index (χ2n) is 9.32. The van der Waals surface area contributed by atoms with Crippen LogP contribution >= 0.6 is 0 Å². The predicted molar refractivity (Wildman–Crippen MR) is 140 cm³/mol. The second-order valence-corrected chi connectivity index (χ2v) is 9.32. The summed E-state index contributed by atoms with van der Waals surface area (Å²) >= 11 is 0. The van der Waals surface area contributed by atoms with Crippen LogP contribution in [0.4, 0.5) is 10.1 Å². The number of carbonyl (C=O) groups is 2. The summed E-state index contributed by atoms with van der Waals surface area (Å²) in [4.78, 5) is 29.2. The van der Waals surface area contributed by atoms with E-state index in [1.807, 2.05) is 32.9 Å². The Balaban J connectivity index is 1.87. The lowest BCUT2D eigenvalue weighted by molar-refractivity contribution is -0.128. The van der Waals surface area contributed by atoms with Crippen LogP contribution in [0.2, 0.25) is 0 Å². The van der Waals surface area contributed by atoms with E-state index in [1.54, 1.807) is 48.5 Å². The molecule has 192 valence electrons. The van der Waals surface area contributed by atoms with Gasteiger partial charge in [0, 0.05) is 11.1 Å². The highest BCUT2D eigenvalue weighted by Crippen LogP contribution is 2.36. The zero-order valence-electron chi connectivity index (χ0n) is 21.3. The van der Waals surface area contributed by atoms with Gasteiger partial charge in [-0.1, -0.05) is 54.6 Å². The summed E-state index contributed by atoms with van der Waals surface area (Å²) < 4.78 is 22.3. The molecule has 4 rings (SSSR count). The zero-order valence-corrected chi connectivity index (χ0v) is 21.3. The number of benzene rings is 3. The SMILES string of the molecule is CCC(C)(C)NC(=O)[C@H](c1ccccc1F)N(C(=O)Cn1nnc2ccccc21)c1ccccc1OC. The van der Waals surface area contributed by atoms with E-state index < -0.39 is 29.2 Å². The summed E-state index contributed by atoms with van der Waals surface area (Å²) in [5.74, 6) is -1.24. The van der Waals surface area contributed by atoms with E-state index in [4.69, 9.17) is 4.74 Å². The van der Waals surface area contributed by atoms with Crippen LogP contribution in [0.15, 0.2) is 72.8 Å². The van der Waals surface area contributed by atoms with Gasteiger partial charge in [-0.05, 0) is 50.6 Å². The average Bonchev–Trinajstić information content (AvgIpc) is 3.30. The lowest BCUT2D eigenvalue weighted by atomic mass is 9.97. The second kappa shape index (κ2) is 10.8. The minimum absolute atomic E-state index is 0.0645. The molecule has 0 radical (unpaired) electrons. The molecule has 4 aromatic rings. The first-order chi connectivity index (χ1) is 17.8. The van der Waals surface area contributed by atoms with Crippen LogP contribution < -0.4 is 15.0 Å². The van der Waals surface area contributed by atoms with E-state index in [-0.39, 0.29) is 12.1 Å². The van der Waals surface area contributed by atoms with Crippen LogP contribution in [0, 0.1) is 5.82 Å². The maximum Gasteiger partial charge on any atom is 0.249 e. The monoisotopic (exact) mass is 503 g/mol.